The molecule has 0 spiro atoms. The van der Waals surface area contributed by atoms with Crippen LogP contribution < -0.4 is 15.4 Å². The van der Waals surface area contributed by atoms with Crippen molar-refractivity contribution in [1.82, 2.24) is 10.6 Å². The van der Waals surface area contributed by atoms with Crippen molar-refractivity contribution in [2.75, 3.05) is 17.8 Å². The lowest BCUT2D eigenvalue weighted by atomic mass is 10.1. The number of hydrogen-bond donors (Lipinski definition) is 4. The second-order valence-corrected chi connectivity index (χ2v) is 9.78. The molecular formula is C22H23N3O5S2. The third kappa shape index (κ3) is 6.82. The van der Waals surface area contributed by atoms with Gasteiger partial charge in [-0.15, -0.1) is 11.3 Å². The molecule has 2 amide bonds. The monoisotopic (exact) mass is 473 g/mol. The summed E-state index contributed by atoms with van der Waals surface area (Å²) in [6, 6.07) is 15.9. The smallest absolute Gasteiger partial charge is 0.271 e. The summed E-state index contributed by atoms with van der Waals surface area (Å²) in [5, 5.41) is 16.6. The largest absolute Gasteiger partial charge is 0.508 e. The molecule has 1 heterocycles. The Balaban J connectivity index is 1.37. The molecule has 0 aliphatic rings. The van der Waals surface area contributed by atoms with E-state index < -0.39 is 10.0 Å². The summed E-state index contributed by atoms with van der Waals surface area (Å²) in [5.74, 6) is -0.434. The third-order valence-corrected chi connectivity index (χ3v) is 7.18. The number of anilines is 1. The van der Waals surface area contributed by atoms with E-state index in [1.54, 1.807) is 47.8 Å². The Bertz CT molecular complexity index is 1160. The highest BCUT2D eigenvalue weighted by molar-refractivity contribution is 7.94. The van der Waals surface area contributed by atoms with Gasteiger partial charge in [-0.3, -0.25) is 14.3 Å². The van der Waals surface area contributed by atoms with E-state index in [0.717, 1.165) is 16.9 Å². The number of nitrogens with one attached hydrogen (secondary N) is 3. The van der Waals surface area contributed by atoms with E-state index in [-0.39, 0.29) is 28.2 Å². The van der Waals surface area contributed by atoms with Crippen LogP contribution in [0.2, 0.25) is 0 Å². The molecule has 3 rings (SSSR count). The number of phenols is 1. The van der Waals surface area contributed by atoms with Gasteiger partial charge in [0.25, 0.3) is 15.9 Å². The van der Waals surface area contributed by atoms with Crippen LogP contribution in [0, 0.1) is 0 Å². The van der Waals surface area contributed by atoms with Crippen LogP contribution in [-0.4, -0.2) is 38.4 Å². The minimum Gasteiger partial charge on any atom is -0.508 e. The number of carbonyl (C=O) groups excluding carboxylic acids is 2. The molecule has 3 aromatic rings. The van der Waals surface area contributed by atoms with Crippen molar-refractivity contribution < 1.29 is 23.1 Å². The van der Waals surface area contributed by atoms with Gasteiger partial charge in [0, 0.05) is 24.3 Å². The fourth-order valence-electron chi connectivity index (χ4n) is 2.83. The van der Waals surface area contributed by atoms with Crippen molar-refractivity contribution in [2.24, 2.45) is 0 Å². The van der Waals surface area contributed by atoms with E-state index in [4.69, 9.17) is 0 Å². The van der Waals surface area contributed by atoms with Crippen LogP contribution in [0.15, 0.2) is 70.3 Å². The number of hydrogen-bond acceptors (Lipinski definition) is 6. The number of sulfonamides is 1. The zero-order chi connectivity index (χ0) is 23.0. The summed E-state index contributed by atoms with van der Waals surface area (Å²) in [6.45, 7) is 0.783. The van der Waals surface area contributed by atoms with E-state index in [0.29, 0.717) is 30.8 Å². The molecule has 0 saturated heterocycles. The second-order valence-electron chi connectivity index (χ2n) is 6.92. The predicted octanol–water partition coefficient (Wildman–Crippen LogP) is 2.73. The average molecular weight is 474 g/mol. The molecule has 0 aliphatic carbocycles. The molecule has 0 radical (unpaired) electrons. The van der Waals surface area contributed by atoms with Crippen LogP contribution in [0.3, 0.4) is 0 Å². The van der Waals surface area contributed by atoms with Crippen molar-refractivity contribution in [3.8, 4) is 5.75 Å². The Morgan fingerprint density at radius 1 is 0.938 bits per heavy atom. The highest BCUT2D eigenvalue weighted by Crippen LogP contribution is 2.20. The molecule has 0 aliphatic heterocycles. The molecule has 168 valence electrons. The lowest BCUT2D eigenvalue weighted by Gasteiger charge is -2.09. The van der Waals surface area contributed by atoms with Crippen LogP contribution in [0.25, 0.3) is 0 Å². The lowest BCUT2D eigenvalue weighted by molar-refractivity contribution is -0.120. The molecule has 0 unspecified atom stereocenters. The average Bonchev–Trinajstić information content (AvgIpc) is 3.31. The predicted molar refractivity (Wildman–Crippen MR) is 123 cm³/mol. The third-order valence-electron chi connectivity index (χ3n) is 4.40. The standard InChI is InChI=1S/C22H23N3O5S2/c26-19-5-1-4-17(15-19)22(28)24-12-3-11-23-20(27)14-16-7-9-18(10-8-16)25-32(29,30)21-6-2-13-31-21/h1-2,4-10,13,15,25-26H,3,11-12,14H2,(H,23,27)(H,24,28). The van der Waals surface area contributed by atoms with E-state index >= 15 is 0 Å². The molecule has 1 aromatic heterocycles. The first-order valence-corrected chi connectivity index (χ1v) is 12.2. The normalized spacial score (nSPS) is 11.0. The number of amides is 2. The van der Waals surface area contributed by atoms with Crippen molar-refractivity contribution >= 4 is 38.9 Å². The van der Waals surface area contributed by atoms with Crippen LogP contribution >= 0.6 is 11.3 Å². The molecule has 8 nitrogen and oxygen atoms in total. The lowest BCUT2D eigenvalue weighted by Crippen LogP contribution is -2.30. The zero-order valence-corrected chi connectivity index (χ0v) is 18.7. The summed E-state index contributed by atoms with van der Waals surface area (Å²) in [4.78, 5) is 24.1. The van der Waals surface area contributed by atoms with Crippen LogP contribution in [-0.2, 0) is 21.2 Å². The van der Waals surface area contributed by atoms with Gasteiger partial charge in [-0.1, -0.05) is 24.3 Å². The van der Waals surface area contributed by atoms with Crippen molar-refractivity contribution in [1.29, 1.82) is 0 Å². The van der Waals surface area contributed by atoms with Crippen LogP contribution in [0.5, 0.6) is 5.75 Å². The highest BCUT2D eigenvalue weighted by atomic mass is 32.2. The van der Waals surface area contributed by atoms with Gasteiger partial charge in [0.1, 0.15) is 9.96 Å². The fourth-order valence-corrected chi connectivity index (χ4v) is 4.88. The first-order valence-electron chi connectivity index (χ1n) is 9.83. The van der Waals surface area contributed by atoms with E-state index in [1.165, 1.54) is 18.2 Å². The van der Waals surface area contributed by atoms with Crippen LogP contribution in [0.1, 0.15) is 22.3 Å². The maximum Gasteiger partial charge on any atom is 0.271 e. The molecule has 0 bridgehead atoms. The van der Waals surface area contributed by atoms with Gasteiger partial charge in [-0.2, -0.15) is 0 Å². The Morgan fingerprint density at radius 2 is 1.69 bits per heavy atom. The number of aromatic hydroxyl groups is 1. The second kappa shape index (κ2) is 10.8. The molecule has 4 N–H and O–H groups in total. The summed E-state index contributed by atoms with van der Waals surface area (Å²) in [7, 11) is -3.60. The van der Waals surface area contributed by atoms with E-state index in [9.17, 15) is 23.1 Å². The van der Waals surface area contributed by atoms with Gasteiger partial charge in [-0.25, -0.2) is 8.42 Å². The minimum absolute atomic E-state index is 0.0258. The maximum atomic E-state index is 12.2. The van der Waals surface area contributed by atoms with Crippen molar-refractivity contribution in [3.05, 3.63) is 77.2 Å². The number of phenolic OH excluding ortho intramolecular Hbond substituents is 1. The first kappa shape index (κ1) is 23.3. The number of benzene rings is 2. The maximum absolute atomic E-state index is 12.2. The molecular weight excluding hydrogens is 450 g/mol. The molecule has 2 aromatic carbocycles. The number of carbonyl (C=O) groups is 2. The van der Waals surface area contributed by atoms with Gasteiger partial charge in [0.2, 0.25) is 5.91 Å². The first-order chi connectivity index (χ1) is 15.3. The summed E-state index contributed by atoms with van der Waals surface area (Å²) >= 11 is 1.14. The van der Waals surface area contributed by atoms with Gasteiger partial charge in [-0.05, 0) is 53.8 Å². The Morgan fingerprint density at radius 3 is 2.38 bits per heavy atom. The number of rotatable bonds is 10. The van der Waals surface area contributed by atoms with Gasteiger partial charge in [0.05, 0.1) is 6.42 Å². The highest BCUT2D eigenvalue weighted by Gasteiger charge is 2.15. The van der Waals surface area contributed by atoms with E-state index in [1.807, 2.05) is 0 Å². The summed E-state index contributed by atoms with van der Waals surface area (Å²) in [6.07, 6.45) is 0.716. The Kier molecular flexibility index (Phi) is 7.85. The Labute approximate surface area is 190 Å². The van der Waals surface area contributed by atoms with Gasteiger partial charge >= 0.3 is 0 Å². The SMILES string of the molecule is O=C(Cc1ccc(NS(=O)(=O)c2cccs2)cc1)NCCCNC(=O)c1cccc(O)c1. The molecule has 32 heavy (non-hydrogen) atoms. The van der Waals surface area contributed by atoms with Crippen LogP contribution in [0.4, 0.5) is 5.69 Å². The molecule has 10 heteroatoms. The van der Waals surface area contributed by atoms with E-state index in [2.05, 4.69) is 15.4 Å². The van der Waals surface area contributed by atoms with Gasteiger partial charge in [0.15, 0.2) is 0 Å². The zero-order valence-electron chi connectivity index (χ0n) is 17.1. The quantitative estimate of drug-likeness (QED) is 0.337. The van der Waals surface area contributed by atoms with Gasteiger partial charge < -0.3 is 15.7 Å². The summed E-state index contributed by atoms with van der Waals surface area (Å²) in [5.41, 5.74) is 1.54. The topological polar surface area (TPSA) is 125 Å². The van der Waals surface area contributed by atoms with Crippen molar-refractivity contribution in [2.45, 2.75) is 17.1 Å². The molecule has 0 atom stereocenters. The minimum atomic E-state index is -3.60. The van der Waals surface area contributed by atoms with Crippen molar-refractivity contribution in [3.63, 3.8) is 0 Å². The fraction of sp³-hybridized carbons (Fsp3) is 0.182. The summed E-state index contributed by atoms with van der Waals surface area (Å²) < 4.78 is 27.2. The molecule has 0 saturated carbocycles. The number of thiophene rings is 1. The molecule has 0 fully saturated rings. The Hall–Kier alpha value is -3.37.